The minimum absolute atomic E-state index is 0.286. The lowest BCUT2D eigenvalue weighted by Crippen LogP contribution is -2.19. The zero-order chi connectivity index (χ0) is 22.3. The van der Waals surface area contributed by atoms with Gasteiger partial charge < -0.3 is 4.74 Å². The van der Waals surface area contributed by atoms with Gasteiger partial charge in [0.05, 0.1) is 11.4 Å². The van der Waals surface area contributed by atoms with Crippen molar-refractivity contribution < 1.29 is 9.53 Å². The Kier molecular flexibility index (Phi) is 6.85. The highest BCUT2D eigenvalue weighted by Crippen LogP contribution is 2.16. The van der Waals surface area contributed by atoms with Crippen LogP contribution < -0.4 is 10.2 Å². The number of hydrazone groups is 1. The molecule has 0 fully saturated rings. The first kappa shape index (κ1) is 21.6. The van der Waals surface area contributed by atoms with E-state index in [4.69, 9.17) is 4.74 Å². The van der Waals surface area contributed by atoms with Crippen LogP contribution >= 0.6 is 22.6 Å². The highest BCUT2D eigenvalue weighted by atomic mass is 127. The van der Waals surface area contributed by atoms with Crippen molar-refractivity contribution in [2.75, 3.05) is 0 Å². The third kappa shape index (κ3) is 5.55. The monoisotopic (exact) mass is 538 g/mol. The van der Waals surface area contributed by atoms with E-state index in [-0.39, 0.29) is 5.91 Å². The Morgan fingerprint density at radius 2 is 1.84 bits per heavy atom. The van der Waals surface area contributed by atoms with E-state index in [0.717, 1.165) is 26.1 Å². The van der Waals surface area contributed by atoms with E-state index in [0.29, 0.717) is 17.9 Å². The molecule has 3 aromatic carbocycles. The number of nitrogens with zero attached hydrogens (tertiary/aromatic N) is 5. The van der Waals surface area contributed by atoms with Crippen LogP contribution in [-0.2, 0) is 6.61 Å². The largest absolute Gasteiger partial charge is 0.489 e. The van der Waals surface area contributed by atoms with Gasteiger partial charge in [-0.15, -0.1) is 5.10 Å². The highest BCUT2D eigenvalue weighted by Gasteiger charge is 2.07. The van der Waals surface area contributed by atoms with Crippen LogP contribution in [0.5, 0.6) is 5.75 Å². The van der Waals surface area contributed by atoms with E-state index in [2.05, 4.69) is 48.6 Å². The third-order valence-electron chi connectivity index (χ3n) is 4.64. The summed E-state index contributed by atoms with van der Waals surface area (Å²) in [6.07, 6.45) is 1.52. The first-order valence-electron chi connectivity index (χ1n) is 9.74. The molecule has 0 spiro atoms. The zero-order valence-corrected chi connectivity index (χ0v) is 19.3. The topological polar surface area (TPSA) is 94.3 Å². The summed E-state index contributed by atoms with van der Waals surface area (Å²) in [5, 5.41) is 15.4. The molecular formula is C23H19IN6O2. The van der Waals surface area contributed by atoms with Crippen molar-refractivity contribution in [2.45, 2.75) is 13.5 Å². The maximum Gasteiger partial charge on any atom is 0.271 e. The summed E-state index contributed by atoms with van der Waals surface area (Å²) in [6, 6.07) is 22.7. The summed E-state index contributed by atoms with van der Waals surface area (Å²) in [4.78, 5) is 12.5. The van der Waals surface area contributed by atoms with Crippen LogP contribution in [0.4, 0.5) is 0 Å². The number of carbonyl (C=O) groups is 1. The number of hydrogen-bond acceptors (Lipinski definition) is 6. The van der Waals surface area contributed by atoms with Crippen molar-refractivity contribution >= 4 is 34.2 Å². The molecule has 0 radical (unpaired) electrons. The molecule has 32 heavy (non-hydrogen) atoms. The second-order valence-electron chi connectivity index (χ2n) is 6.88. The minimum Gasteiger partial charge on any atom is -0.489 e. The quantitative estimate of drug-likeness (QED) is 0.218. The molecule has 0 aliphatic heterocycles. The molecule has 0 aliphatic rings. The zero-order valence-electron chi connectivity index (χ0n) is 17.1. The third-order valence-corrected chi connectivity index (χ3v) is 5.36. The van der Waals surface area contributed by atoms with Crippen LogP contribution in [0.25, 0.3) is 5.69 Å². The predicted octanol–water partition coefficient (Wildman–Crippen LogP) is 4.00. The average Bonchev–Trinajstić information content (AvgIpc) is 3.37. The van der Waals surface area contributed by atoms with Crippen LogP contribution in [-0.4, -0.2) is 31.8 Å². The SMILES string of the molecule is C/C(=N\NC(=O)c1ccc(COc2ccc(I)cc2)cc1)c1cccc(-n2cnnn2)c1. The van der Waals surface area contributed by atoms with E-state index in [1.165, 1.54) is 6.33 Å². The second kappa shape index (κ2) is 10.1. The number of nitrogens with one attached hydrogen (secondary N) is 1. The summed E-state index contributed by atoms with van der Waals surface area (Å²) in [7, 11) is 0. The number of aromatic nitrogens is 4. The number of benzene rings is 3. The summed E-state index contributed by atoms with van der Waals surface area (Å²) in [6.45, 7) is 2.25. The molecule has 1 heterocycles. The molecule has 0 atom stereocenters. The van der Waals surface area contributed by atoms with Gasteiger partial charge in [0, 0.05) is 9.13 Å². The number of carbonyl (C=O) groups excluding carboxylic acids is 1. The van der Waals surface area contributed by atoms with Crippen molar-refractivity contribution in [1.82, 2.24) is 25.6 Å². The summed E-state index contributed by atoms with van der Waals surface area (Å²) < 4.78 is 8.48. The normalized spacial score (nSPS) is 11.2. The van der Waals surface area contributed by atoms with Crippen LogP contribution in [0.15, 0.2) is 84.2 Å². The Morgan fingerprint density at radius 1 is 1.06 bits per heavy atom. The molecule has 0 unspecified atom stereocenters. The molecule has 1 N–H and O–H groups in total. The molecule has 0 bridgehead atoms. The van der Waals surface area contributed by atoms with Gasteiger partial charge >= 0.3 is 0 Å². The van der Waals surface area contributed by atoms with Gasteiger partial charge in [-0.3, -0.25) is 4.79 Å². The number of ether oxygens (including phenoxy) is 1. The second-order valence-corrected chi connectivity index (χ2v) is 8.13. The smallest absolute Gasteiger partial charge is 0.271 e. The lowest BCUT2D eigenvalue weighted by molar-refractivity contribution is 0.0955. The van der Waals surface area contributed by atoms with E-state index in [1.807, 2.05) is 67.6 Å². The van der Waals surface area contributed by atoms with Gasteiger partial charge in [-0.25, -0.2) is 10.1 Å². The molecule has 0 saturated carbocycles. The fraction of sp³-hybridized carbons (Fsp3) is 0.0870. The first-order valence-corrected chi connectivity index (χ1v) is 10.8. The summed E-state index contributed by atoms with van der Waals surface area (Å²) in [5.74, 6) is 0.521. The van der Waals surface area contributed by atoms with E-state index in [1.54, 1.807) is 16.8 Å². The van der Waals surface area contributed by atoms with E-state index < -0.39 is 0 Å². The van der Waals surface area contributed by atoms with E-state index >= 15 is 0 Å². The van der Waals surface area contributed by atoms with E-state index in [9.17, 15) is 4.79 Å². The molecule has 1 aromatic heterocycles. The predicted molar refractivity (Wildman–Crippen MR) is 129 cm³/mol. The molecule has 0 aliphatic carbocycles. The minimum atomic E-state index is -0.286. The van der Waals surface area contributed by atoms with Gasteiger partial charge in [0.15, 0.2) is 0 Å². The fourth-order valence-corrected chi connectivity index (χ4v) is 3.23. The van der Waals surface area contributed by atoms with Crippen LogP contribution in [0.3, 0.4) is 0 Å². The number of halogens is 1. The van der Waals surface area contributed by atoms with Crippen molar-refractivity contribution in [2.24, 2.45) is 5.10 Å². The van der Waals surface area contributed by atoms with Crippen molar-refractivity contribution in [1.29, 1.82) is 0 Å². The van der Waals surface area contributed by atoms with Gasteiger partial charge in [-0.1, -0.05) is 24.3 Å². The molecule has 0 saturated heterocycles. The number of hydrogen-bond donors (Lipinski definition) is 1. The maximum atomic E-state index is 12.5. The molecule has 160 valence electrons. The average molecular weight is 538 g/mol. The molecule has 4 rings (SSSR count). The Hall–Kier alpha value is -3.60. The number of amides is 1. The standard InChI is InChI=1S/C23H19IN6O2/c1-16(19-3-2-4-21(13-19)30-15-25-28-29-30)26-27-23(31)18-7-5-17(6-8-18)14-32-22-11-9-20(24)10-12-22/h2-13,15H,14H2,1H3,(H,27,31)/b26-16+. The number of tetrazole rings is 1. The molecule has 1 amide bonds. The Labute approximate surface area is 198 Å². The highest BCUT2D eigenvalue weighted by molar-refractivity contribution is 14.1. The summed E-state index contributed by atoms with van der Waals surface area (Å²) in [5.41, 5.74) is 6.40. The Balaban J connectivity index is 1.35. The molecule has 4 aromatic rings. The van der Waals surface area contributed by atoms with Crippen molar-refractivity contribution in [3.63, 3.8) is 0 Å². The number of rotatable bonds is 7. The Morgan fingerprint density at radius 3 is 2.56 bits per heavy atom. The molecular weight excluding hydrogens is 519 g/mol. The van der Waals surface area contributed by atoms with Gasteiger partial charge in [0.25, 0.3) is 5.91 Å². The maximum absolute atomic E-state index is 12.5. The van der Waals surface area contributed by atoms with Crippen LogP contribution in [0, 0.1) is 3.57 Å². The molecule has 8 nitrogen and oxygen atoms in total. The van der Waals surface area contributed by atoms with Crippen molar-refractivity contribution in [3.05, 3.63) is 99.4 Å². The fourth-order valence-electron chi connectivity index (χ4n) is 2.87. The van der Waals surface area contributed by atoms with Gasteiger partial charge in [-0.05, 0) is 99.6 Å². The van der Waals surface area contributed by atoms with Crippen LogP contribution in [0.2, 0.25) is 0 Å². The van der Waals surface area contributed by atoms with Gasteiger partial charge in [-0.2, -0.15) is 5.10 Å². The molecule has 9 heteroatoms. The van der Waals surface area contributed by atoms with Crippen LogP contribution in [0.1, 0.15) is 28.4 Å². The van der Waals surface area contributed by atoms with Gasteiger partial charge in [0.1, 0.15) is 18.7 Å². The Bertz CT molecular complexity index is 1220. The lowest BCUT2D eigenvalue weighted by Gasteiger charge is -2.08. The lowest BCUT2D eigenvalue weighted by atomic mass is 10.1. The summed E-state index contributed by atoms with van der Waals surface area (Å²) >= 11 is 2.25. The van der Waals surface area contributed by atoms with Gasteiger partial charge in [0.2, 0.25) is 0 Å². The first-order chi connectivity index (χ1) is 15.6. The van der Waals surface area contributed by atoms with Crippen molar-refractivity contribution in [3.8, 4) is 11.4 Å².